The molecule has 16 heavy (non-hydrogen) atoms. The molecule has 0 radical (unpaired) electrons. The van der Waals surface area contributed by atoms with E-state index in [9.17, 15) is 4.79 Å². The maximum atomic E-state index is 11.3. The van der Waals surface area contributed by atoms with E-state index in [0.717, 1.165) is 12.8 Å². The zero-order valence-corrected chi connectivity index (χ0v) is 10.6. The van der Waals surface area contributed by atoms with E-state index in [2.05, 4.69) is 20.4 Å². The minimum Gasteiger partial charge on any atom is -0.459 e. The van der Waals surface area contributed by atoms with Gasteiger partial charge in [0.25, 0.3) is 0 Å². The lowest BCUT2D eigenvalue weighted by atomic mass is 9.73. The number of carbonyl (C=O) groups excluding carboxylic acids is 1. The third-order valence-corrected chi connectivity index (χ3v) is 3.97. The number of carbonyl (C=O) groups is 1. The molecule has 1 saturated carbocycles. The number of rotatable bonds is 3. The van der Waals surface area contributed by atoms with Crippen molar-refractivity contribution in [2.45, 2.75) is 64.9 Å². The highest BCUT2D eigenvalue weighted by atomic mass is 16.5. The van der Waals surface area contributed by atoms with E-state index < -0.39 is 0 Å². The molecule has 0 heterocycles. The van der Waals surface area contributed by atoms with Crippen molar-refractivity contribution in [1.29, 1.82) is 0 Å². The number of hydrogen-bond acceptors (Lipinski definition) is 2. The van der Waals surface area contributed by atoms with E-state index in [4.69, 9.17) is 4.74 Å². The maximum Gasteiger partial charge on any atom is 0.330 e. The van der Waals surface area contributed by atoms with Crippen molar-refractivity contribution in [1.82, 2.24) is 0 Å². The van der Waals surface area contributed by atoms with Gasteiger partial charge in [0, 0.05) is 11.5 Å². The van der Waals surface area contributed by atoms with Gasteiger partial charge in [0.05, 0.1) is 0 Å². The smallest absolute Gasteiger partial charge is 0.330 e. The lowest BCUT2D eigenvalue weighted by Gasteiger charge is -2.38. The molecule has 2 heteroatoms. The number of ether oxygens (including phenoxy) is 1. The zero-order valence-electron chi connectivity index (χ0n) is 10.6. The normalized spacial score (nSPS) is 31.2. The lowest BCUT2D eigenvalue weighted by molar-refractivity contribution is -0.151. The minimum atomic E-state index is -0.273. The fraction of sp³-hybridized carbons (Fsp3) is 0.786. The first-order valence-electron chi connectivity index (χ1n) is 6.45. The first kappa shape index (κ1) is 13.3. The SMILES string of the molecule is C=CC(=O)OC1CCCCCCC1(C)CC. The highest BCUT2D eigenvalue weighted by molar-refractivity contribution is 5.81. The van der Waals surface area contributed by atoms with Crippen molar-refractivity contribution in [3.63, 3.8) is 0 Å². The Morgan fingerprint density at radius 1 is 1.44 bits per heavy atom. The second kappa shape index (κ2) is 6.07. The van der Waals surface area contributed by atoms with Crippen LogP contribution in [0.2, 0.25) is 0 Å². The van der Waals surface area contributed by atoms with Gasteiger partial charge in [-0.05, 0) is 25.7 Å². The third kappa shape index (κ3) is 3.36. The summed E-state index contributed by atoms with van der Waals surface area (Å²) in [6, 6.07) is 0. The molecule has 0 N–H and O–H groups in total. The molecule has 0 amide bonds. The molecule has 1 aliphatic carbocycles. The summed E-state index contributed by atoms with van der Waals surface area (Å²) in [5.41, 5.74) is 0.152. The van der Waals surface area contributed by atoms with Crippen molar-refractivity contribution in [2.75, 3.05) is 0 Å². The maximum absolute atomic E-state index is 11.3. The Bertz CT molecular complexity index is 247. The largest absolute Gasteiger partial charge is 0.459 e. The van der Waals surface area contributed by atoms with E-state index in [-0.39, 0.29) is 17.5 Å². The molecule has 0 aromatic rings. The van der Waals surface area contributed by atoms with Gasteiger partial charge in [-0.1, -0.05) is 39.7 Å². The van der Waals surface area contributed by atoms with Crippen LogP contribution in [0, 0.1) is 5.41 Å². The predicted octanol–water partition coefficient (Wildman–Crippen LogP) is 3.85. The molecule has 2 nitrogen and oxygen atoms in total. The molecule has 0 saturated heterocycles. The van der Waals surface area contributed by atoms with Crippen LogP contribution in [-0.2, 0) is 9.53 Å². The Morgan fingerprint density at radius 3 is 2.75 bits per heavy atom. The fourth-order valence-corrected chi connectivity index (χ4v) is 2.52. The van der Waals surface area contributed by atoms with Crippen molar-refractivity contribution in [3.05, 3.63) is 12.7 Å². The second-order valence-corrected chi connectivity index (χ2v) is 5.09. The molecule has 92 valence electrons. The molecule has 2 unspecified atom stereocenters. The van der Waals surface area contributed by atoms with Gasteiger partial charge in [0.1, 0.15) is 6.10 Å². The Labute approximate surface area is 99.1 Å². The summed E-state index contributed by atoms with van der Waals surface area (Å²) >= 11 is 0. The average molecular weight is 224 g/mol. The summed E-state index contributed by atoms with van der Waals surface area (Å²) in [7, 11) is 0. The first-order chi connectivity index (χ1) is 7.62. The molecule has 0 aliphatic heterocycles. The first-order valence-corrected chi connectivity index (χ1v) is 6.45. The molecular weight excluding hydrogens is 200 g/mol. The van der Waals surface area contributed by atoms with Crippen molar-refractivity contribution < 1.29 is 9.53 Å². The van der Waals surface area contributed by atoms with Crippen LogP contribution in [0.25, 0.3) is 0 Å². The van der Waals surface area contributed by atoms with E-state index in [1.54, 1.807) is 0 Å². The minimum absolute atomic E-state index is 0.0725. The molecule has 0 aromatic heterocycles. The fourth-order valence-electron chi connectivity index (χ4n) is 2.52. The van der Waals surface area contributed by atoms with E-state index in [0.29, 0.717) is 0 Å². The molecule has 1 fully saturated rings. The molecule has 0 spiro atoms. The standard InChI is InChI=1S/C14H24O2/c1-4-13(15)16-12-10-8-6-7-9-11-14(12,3)5-2/h4,12H,1,5-11H2,2-3H3. The van der Waals surface area contributed by atoms with Gasteiger partial charge in [-0.15, -0.1) is 0 Å². The quantitative estimate of drug-likeness (QED) is 0.537. The van der Waals surface area contributed by atoms with Gasteiger partial charge in [-0.3, -0.25) is 0 Å². The van der Waals surface area contributed by atoms with Crippen LogP contribution in [0.15, 0.2) is 12.7 Å². The summed E-state index contributed by atoms with van der Waals surface area (Å²) < 4.78 is 5.53. The van der Waals surface area contributed by atoms with E-state index >= 15 is 0 Å². The van der Waals surface area contributed by atoms with Crippen LogP contribution in [0.1, 0.15) is 58.8 Å². The Balaban J connectivity index is 2.71. The summed E-state index contributed by atoms with van der Waals surface area (Å²) in [6.45, 7) is 7.91. The van der Waals surface area contributed by atoms with Crippen molar-refractivity contribution in [2.24, 2.45) is 5.41 Å². The van der Waals surface area contributed by atoms with Crippen LogP contribution in [0.3, 0.4) is 0 Å². The van der Waals surface area contributed by atoms with Gasteiger partial charge in [-0.25, -0.2) is 4.79 Å². The number of esters is 1. The monoisotopic (exact) mass is 224 g/mol. The third-order valence-electron chi connectivity index (χ3n) is 3.97. The van der Waals surface area contributed by atoms with Gasteiger partial charge in [-0.2, -0.15) is 0 Å². The Hall–Kier alpha value is -0.790. The molecule has 1 rings (SSSR count). The Kier molecular flexibility index (Phi) is 5.04. The molecule has 2 atom stereocenters. The lowest BCUT2D eigenvalue weighted by Crippen LogP contribution is -2.36. The predicted molar refractivity (Wildman–Crippen MR) is 66.2 cm³/mol. The molecule has 0 bridgehead atoms. The van der Waals surface area contributed by atoms with Crippen LogP contribution in [0.4, 0.5) is 0 Å². The summed E-state index contributed by atoms with van der Waals surface area (Å²) in [6.07, 6.45) is 9.60. The van der Waals surface area contributed by atoms with Gasteiger partial charge >= 0.3 is 5.97 Å². The second-order valence-electron chi connectivity index (χ2n) is 5.09. The van der Waals surface area contributed by atoms with Gasteiger partial charge < -0.3 is 4.74 Å². The topological polar surface area (TPSA) is 26.3 Å². The molecule has 0 aromatic carbocycles. The van der Waals surface area contributed by atoms with E-state index in [1.165, 1.54) is 38.2 Å². The summed E-state index contributed by atoms with van der Waals surface area (Å²) in [4.78, 5) is 11.3. The van der Waals surface area contributed by atoms with Crippen LogP contribution in [0.5, 0.6) is 0 Å². The van der Waals surface area contributed by atoms with Crippen LogP contribution >= 0.6 is 0 Å². The van der Waals surface area contributed by atoms with Gasteiger partial charge in [0.2, 0.25) is 0 Å². The highest BCUT2D eigenvalue weighted by Gasteiger charge is 2.35. The van der Waals surface area contributed by atoms with Crippen molar-refractivity contribution >= 4 is 5.97 Å². The van der Waals surface area contributed by atoms with Gasteiger partial charge in [0.15, 0.2) is 0 Å². The van der Waals surface area contributed by atoms with Crippen LogP contribution in [-0.4, -0.2) is 12.1 Å². The summed E-state index contributed by atoms with van der Waals surface area (Å²) in [5, 5.41) is 0. The Morgan fingerprint density at radius 2 is 2.12 bits per heavy atom. The highest BCUT2D eigenvalue weighted by Crippen LogP contribution is 2.38. The number of hydrogen-bond donors (Lipinski definition) is 0. The van der Waals surface area contributed by atoms with Crippen LogP contribution < -0.4 is 0 Å². The van der Waals surface area contributed by atoms with Crippen molar-refractivity contribution in [3.8, 4) is 0 Å². The summed E-state index contributed by atoms with van der Waals surface area (Å²) in [5.74, 6) is -0.273. The zero-order chi connectivity index (χ0) is 12.0. The molecule has 1 aliphatic rings. The van der Waals surface area contributed by atoms with E-state index in [1.807, 2.05) is 0 Å². The average Bonchev–Trinajstić information content (AvgIpc) is 2.28. The molecular formula is C14H24O2.